The minimum Gasteiger partial charge on any atom is -0.481 e. The van der Waals surface area contributed by atoms with Crippen LogP contribution in [0.5, 0.6) is 0 Å². The Bertz CT molecular complexity index is 392. The first-order valence-corrected chi connectivity index (χ1v) is 5.24. The van der Waals surface area contributed by atoms with E-state index in [1.165, 1.54) is 12.1 Å². The third-order valence-corrected chi connectivity index (χ3v) is 2.95. The number of aliphatic carboxylic acids is 1. The molecular formula is C12H13FO3. The van der Waals surface area contributed by atoms with Crippen molar-refractivity contribution < 1.29 is 19.0 Å². The molecule has 1 aliphatic rings. The highest BCUT2D eigenvalue weighted by Crippen LogP contribution is 2.32. The lowest BCUT2D eigenvalue weighted by atomic mass is 9.83. The van der Waals surface area contributed by atoms with Crippen molar-refractivity contribution >= 4 is 5.97 Å². The molecule has 0 saturated carbocycles. The summed E-state index contributed by atoms with van der Waals surface area (Å²) in [5.74, 6) is -1.93. The average Bonchev–Trinajstić information content (AvgIpc) is 2.29. The van der Waals surface area contributed by atoms with Gasteiger partial charge in [0.25, 0.3) is 0 Å². The molecule has 1 aromatic rings. The second-order valence-electron chi connectivity index (χ2n) is 3.97. The van der Waals surface area contributed by atoms with Crippen LogP contribution in [-0.4, -0.2) is 24.3 Å². The van der Waals surface area contributed by atoms with Crippen LogP contribution in [0.15, 0.2) is 24.3 Å². The van der Waals surface area contributed by atoms with Crippen molar-refractivity contribution in [3.05, 3.63) is 35.6 Å². The molecule has 86 valence electrons. The molecule has 1 aliphatic heterocycles. The van der Waals surface area contributed by atoms with Crippen molar-refractivity contribution in [3.8, 4) is 0 Å². The molecule has 2 atom stereocenters. The van der Waals surface area contributed by atoms with E-state index in [2.05, 4.69) is 0 Å². The van der Waals surface area contributed by atoms with Crippen LogP contribution in [0.25, 0.3) is 0 Å². The van der Waals surface area contributed by atoms with Crippen molar-refractivity contribution in [2.24, 2.45) is 5.92 Å². The van der Waals surface area contributed by atoms with E-state index in [9.17, 15) is 9.18 Å². The highest BCUT2D eigenvalue weighted by molar-refractivity contribution is 5.71. The van der Waals surface area contributed by atoms with Crippen molar-refractivity contribution in [3.63, 3.8) is 0 Å². The number of carboxylic acids is 1. The van der Waals surface area contributed by atoms with Gasteiger partial charge in [-0.25, -0.2) is 4.39 Å². The molecular weight excluding hydrogens is 211 g/mol. The molecule has 1 aromatic carbocycles. The lowest BCUT2D eigenvalue weighted by molar-refractivity contribution is -0.147. The molecule has 1 saturated heterocycles. The molecule has 0 bridgehead atoms. The van der Waals surface area contributed by atoms with E-state index in [-0.39, 0.29) is 18.3 Å². The molecule has 2 rings (SSSR count). The van der Waals surface area contributed by atoms with Gasteiger partial charge in [-0.05, 0) is 24.1 Å². The Balaban J connectivity index is 2.26. The van der Waals surface area contributed by atoms with E-state index in [0.29, 0.717) is 13.0 Å². The summed E-state index contributed by atoms with van der Waals surface area (Å²) in [6, 6.07) is 6.15. The number of ether oxygens (including phenoxy) is 1. The van der Waals surface area contributed by atoms with Crippen LogP contribution in [0.4, 0.5) is 4.39 Å². The zero-order valence-electron chi connectivity index (χ0n) is 8.73. The SMILES string of the molecule is O=C(O)[C@@H]1COCC[C@@H]1c1cccc(F)c1. The van der Waals surface area contributed by atoms with E-state index in [4.69, 9.17) is 9.84 Å². The fourth-order valence-electron chi connectivity index (χ4n) is 2.12. The fourth-order valence-corrected chi connectivity index (χ4v) is 2.12. The molecule has 3 nitrogen and oxygen atoms in total. The number of carbonyl (C=O) groups is 1. The van der Waals surface area contributed by atoms with Gasteiger partial charge in [0.1, 0.15) is 5.82 Å². The second-order valence-corrected chi connectivity index (χ2v) is 3.97. The summed E-state index contributed by atoms with van der Waals surface area (Å²) in [4.78, 5) is 11.0. The topological polar surface area (TPSA) is 46.5 Å². The van der Waals surface area contributed by atoms with Gasteiger partial charge < -0.3 is 9.84 Å². The van der Waals surface area contributed by atoms with Crippen molar-refractivity contribution in [2.45, 2.75) is 12.3 Å². The number of benzene rings is 1. The predicted octanol–water partition coefficient (Wildman–Crippen LogP) is 2.03. The number of carboxylic acid groups (broad SMARTS) is 1. The van der Waals surface area contributed by atoms with E-state index in [0.717, 1.165) is 5.56 Å². The van der Waals surface area contributed by atoms with E-state index < -0.39 is 11.9 Å². The van der Waals surface area contributed by atoms with E-state index in [1.54, 1.807) is 12.1 Å². The highest BCUT2D eigenvalue weighted by Gasteiger charge is 2.32. The molecule has 1 fully saturated rings. The molecule has 0 aliphatic carbocycles. The Morgan fingerprint density at radius 3 is 3.00 bits per heavy atom. The third kappa shape index (κ3) is 2.22. The Morgan fingerprint density at radius 1 is 1.50 bits per heavy atom. The Labute approximate surface area is 92.9 Å². The van der Waals surface area contributed by atoms with Gasteiger partial charge in [0.05, 0.1) is 12.5 Å². The first kappa shape index (κ1) is 11.1. The van der Waals surface area contributed by atoms with Crippen LogP contribution < -0.4 is 0 Å². The predicted molar refractivity (Wildman–Crippen MR) is 55.7 cm³/mol. The number of halogens is 1. The van der Waals surface area contributed by atoms with Gasteiger partial charge in [0, 0.05) is 12.5 Å². The molecule has 0 aromatic heterocycles. The van der Waals surface area contributed by atoms with E-state index in [1.807, 2.05) is 0 Å². The summed E-state index contributed by atoms with van der Waals surface area (Å²) in [7, 11) is 0. The van der Waals surface area contributed by atoms with Gasteiger partial charge in [0.2, 0.25) is 0 Å². The number of hydrogen-bond donors (Lipinski definition) is 1. The van der Waals surface area contributed by atoms with Gasteiger partial charge in [-0.3, -0.25) is 4.79 Å². The van der Waals surface area contributed by atoms with Crippen LogP contribution in [0.3, 0.4) is 0 Å². The normalized spacial score (nSPS) is 25.3. The fraction of sp³-hybridized carbons (Fsp3) is 0.417. The molecule has 0 amide bonds. The van der Waals surface area contributed by atoms with Crippen molar-refractivity contribution in [1.29, 1.82) is 0 Å². The van der Waals surface area contributed by atoms with Crippen LogP contribution in [0, 0.1) is 11.7 Å². The zero-order valence-corrected chi connectivity index (χ0v) is 8.73. The molecule has 0 unspecified atom stereocenters. The monoisotopic (exact) mass is 224 g/mol. The maximum absolute atomic E-state index is 13.1. The Kier molecular flexibility index (Phi) is 3.19. The largest absolute Gasteiger partial charge is 0.481 e. The standard InChI is InChI=1S/C12H13FO3/c13-9-3-1-2-8(6-9)10-4-5-16-7-11(10)12(14)15/h1-3,6,10-11H,4-5,7H2,(H,14,15)/t10-,11-/m1/s1. The lowest BCUT2D eigenvalue weighted by Crippen LogP contribution is -2.32. The quantitative estimate of drug-likeness (QED) is 0.836. The van der Waals surface area contributed by atoms with Gasteiger partial charge in [-0.15, -0.1) is 0 Å². The van der Waals surface area contributed by atoms with Gasteiger partial charge in [-0.1, -0.05) is 12.1 Å². The lowest BCUT2D eigenvalue weighted by Gasteiger charge is -2.28. The first-order chi connectivity index (χ1) is 7.68. The van der Waals surface area contributed by atoms with Gasteiger partial charge in [-0.2, -0.15) is 0 Å². The van der Waals surface area contributed by atoms with Gasteiger partial charge in [0.15, 0.2) is 0 Å². The summed E-state index contributed by atoms with van der Waals surface area (Å²) < 4.78 is 18.2. The van der Waals surface area contributed by atoms with E-state index >= 15 is 0 Å². The molecule has 16 heavy (non-hydrogen) atoms. The summed E-state index contributed by atoms with van der Waals surface area (Å²) in [5.41, 5.74) is 0.746. The molecule has 4 heteroatoms. The summed E-state index contributed by atoms with van der Waals surface area (Å²) >= 11 is 0. The minimum atomic E-state index is -0.881. The summed E-state index contributed by atoms with van der Waals surface area (Å²) in [5, 5.41) is 9.07. The number of rotatable bonds is 2. The van der Waals surface area contributed by atoms with Crippen molar-refractivity contribution in [1.82, 2.24) is 0 Å². The Morgan fingerprint density at radius 2 is 2.31 bits per heavy atom. The molecule has 0 spiro atoms. The summed E-state index contributed by atoms with van der Waals surface area (Å²) in [6.45, 7) is 0.738. The zero-order chi connectivity index (χ0) is 11.5. The number of hydrogen-bond acceptors (Lipinski definition) is 2. The minimum absolute atomic E-state index is 0.151. The second kappa shape index (κ2) is 4.61. The summed E-state index contributed by atoms with van der Waals surface area (Å²) in [6.07, 6.45) is 0.625. The van der Waals surface area contributed by atoms with Crippen LogP contribution in [-0.2, 0) is 9.53 Å². The maximum Gasteiger partial charge on any atom is 0.309 e. The van der Waals surface area contributed by atoms with Crippen LogP contribution in [0.2, 0.25) is 0 Å². The molecule has 1 heterocycles. The first-order valence-electron chi connectivity index (χ1n) is 5.24. The highest BCUT2D eigenvalue weighted by atomic mass is 19.1. The average molecular weight is 224 g/mol. The van der Waals surface area contributed by atoms with Gasteiger partial charge >= 0.3 is 5.97 Å². The molecule has 0 radical (unpaired) electrons. The van der Waals surface area contributed by atoms with Crippen LogP contribution >= 0.6 is 0 Å². The Hall–Kier alpha value is -1.42. The van der Waals surface area contributed by atoms with Crippen LogP contribution in [0.1, 0.15) is 17.9 Å². The maximum atomic E-state index is 13.1. The third-order valence-electron chi connectivity index (χ3n) is 2.95. The smallest absolute Gasteiger partial charge is 0.309 e. The molecule has 1 N–H and O–H groups in total. The van der Waals surface area contributed by atoms with Crippen molar-refractivity contribution in [2.75, 3.05) is 13.2 Å².